The summed E-state index contributed by atoms with van der Waals surface area (Å²) in [6.45, 7) is 2.10. The highest BCUT2D eigenvalue weighted by Gasteiger charge is 2.10. The largest absolute Gasteiger partial charge is 0.484 e. The van der Waals surface area contributed by atoms with Gasteiger partial charge in [-0.05, 0) is 49.0 Å². The first kappa shape index (κ1) is 16.9. The fourth-order valence-corrected chi connectivity index (χ4v) is 2.42. The zero-order valence-electron chi connectivity index (χ0n) is 13.6. The predicted molar refractivity (Wildman–Crippen MR) is 95.9 cm³/mol. The third-order valence-electron chi connectivity index (χ3n) is 3.35. The number of anilines is 1. The third kappa shape index (κ3) is 4.77. The van der Waals surface area contributed by atoms with Crippen molar-refractivity contribution < 1.29 is 13.9 Å². The van der Waals surface area contributed by atoms with Crippen molar-refractivity contribution in [2.24, 2.45) is 0 Å². The zero-order chi connectivity index (χ0) is 17.6. The molecular formula is C18H17N3O3S. The van der Waals surface area contributed by atoms with E-state index in [-0.39, 0.29) is 23.9 Å². The number of aromatic nitrogens is 2. The number of carbonyl (C=O) groups is 1. The first-order valence-corrected chi connectivity index (χ1v) is 8.12. The summed E-state index contributed by atoms with van der Waals surface area (Å²) in [4.78, 5) is 12.2. The Labute approximate surface area is 150 Å². The number of rotatable bonds is 6. The highest BCUT2D eigenvalue weighted by molar-refractivity contribution is 7.71. The van der Waals surface area contributed by atoms with E-state index in [9.17, 15) is 4.79 Å². The van der Waals surface area contributed by atoms with E-state index < -0.39 is 0 Å². The van der Waals surface area contributed by atoms with Crippen LogP contribution in [0.25, 0.3) is 0 Å². The number of hydrogen-bond acceptors (Lipinski definition) is 5. The van der Waals surface area contributed by atoms with Crippen LogP contribution in [0, 0.1) is 11.8 Å². The van der Waals surface area contributed by atoms with Crippen LogP contribution in [0.15, 0.2) is 59.0 Å². The molecule has 6 nitrogen and oxygen atoms in total. The van der Waals surface area contributed by atoms with E-state index in [1.165, 1.54) is 4.68 Å². The Morgan fingerprint density at radius 1 is 1.24 bits per heavy atom. The van der Waals surface area contributed by atoms with Crippen LogP contribution in [0.2, 0.25) is 0 Å². The van der Waals surface area contributed by atoms with Gasteiger partial charge in [0.15, 0.2) is 6.61 Å². The van der Waals surface area contributed by atoms with Crippen LogP contribution in [-0.4, -0.2) is 15.7 Å². The lowest BCUT2D eigenvalue weighted by atomic mass is 10.2. The molecule has 0 radical (unpaired) electrons. The van der Waals surface area contributed by atoms with Gasteiger partial charge in [0, 0.05) is 5.69 Å². The van der Waals surface area contributed by atoms with Crippen LogP contribution < -0.4 is 10.1 Å². The standard InChI is InChI=1S/C18H17N3O3S/c1-13-6-5-9-15(10-13)23-12-17-20-21(18(25)24-17)11-16(22)19-14-7-3-2-4-8-14/h2-10H,11-12H2,1H3,(H,19,22). The van der Waals surface area contributed by atoms with Gasteiger partial charge in [0.05, 0.1) is 0 Å². The van der Waals surface area contributed by atoms with E-state index in [1.54, 1.807) is 12.1 Å². The Hall–Kier alpha value is -2.93. The van der Waals surface area contributed by atoms with Crippen molar-refractivity contribution in [2.75, 3.05) is 5.32 Å². The number of benzene rings is 2. The molecule has 3 rings (SSSR count). The van der Waals surface area contributed by atoms with Gasteiger partial charge in [-0.3, -0.25) is 4.79 Å². The summed E-state index contributed by atoms with van der Waals surface area (Å²) in [6.07, 6.45) is 0. The Balaban J connectivity index is 1.60. The minimum atomic E-state index is -0.234. The molecule has 128 valence electrons. The molecule has 0 aliphatic rings. The summed E-state index contributed by atoms with van der Waals surface area (Å²) in [5.41, 5.74) is 1.81. The van der Waals surface area contributed by atoms with Gasteiger partial charge in [-0.1, -0.05) is 30.3 Å². The minimum absolute atomic E-state index is 0.0261. The second kappa shape index (κ2) is 7.76. The molecule has 0 aliphatic heterocycles. The maximum atomic E-state index is 12.1. The second-order valence-corrected chi connectivity index (χ2v) is 5.79. The average Bonchev–Trinajstić information content (AvgIpc) is 2.94. The Morgan fingerprint density at radius 2 is 2.04 bits per heavy atom. The molecular weight excluding hydrogens is 338 g/mol. The number of ether oxygens (including phenoxy) is 1. The van der Waals surface area contributed by atoms with E-state index in [4.69, 9.17) is 21.4 Å². The molecule has 0 saturated heterocycles. The zero-order valence-corrected chi connectivity index (χ0v) is 14.5. The van der Waals surface area contributed by atoms with Crippen molar-refractivity contribution in [2.45, 2.75) is 20.1 Å². The quantitative estimate of drug-likeness (QED) is 0.682. The van der Waals surface area contributed by atoms with E-state index in [1.807, 2.05) is 49.4 Å². The summed E-state index contributed by atoms with van der Waals surface area (Å²) in [6, 6.07) is 16.8. The number of nitrogens with one attached hydrogen (secondary N) is 1. The van der Waals surface area contributed by atoms with Crippen LogP contribution >= 0.6 is 12.2 Å². The van der Waals surface area contributed by atoms with Crippen LogP contribution in [0.5, 0.6) is 5.75 Å². The van der Waals surface area contributed by atoms with Crippen molar-refractivity contribution in [3.8, 4) is 5.75 Å². The molecule has 2 aromatic carbocycles. The Bertz CT molecular complexity index is 919. The maximum absolute atomic E-state index is 12.1. The second-order valence-electron chi connectivity index (χ2n) is 5.44. The lowest BCUT2D eigenvalue weighted by Gasteiger charge is -2.04. The summed E-state index contributed by atoms with van der Waals surface area (Å²) in [5, 5.41) is 6.96. The summed E-state index contributed by atoms with van der Waals surface area (Å²) < 4.78 is 12.3. The van der Waals surface area contributed by atoms with Crippen molar-refractivity contribution >= 4 is 23.8 Å². The van der Waals surface area contributed by atoms with Crippen LogP contribution in [-0.2, 0) is 17.9 Å². The SMILES string of the molecule is Cc1cccc(OCc2nn(CC(=O)Nc3ccccc3)c(=S)o2)c1. The first-order valence-electron chi connectivity index (χ1n) is 7.71. The number of aryl methyl sites for hydroxylation is 1. The number of nitrogens with zero attached hydrogens (tertiary/aromatic N) is 2. The van der Waals surface area contributed by atoms with Gasteiger partial charge >= 0.3 is 0 Å². The van der Waals surface area contributed by atoms with E-state index in [2.05, 4.69) is 10.4 Å². The van der Waals surface area contributed by atoms with Crippen LogP contribution in [0.4, 0.5) is 5.69 Å². The topological polar surface area (TPSA) is 69.3 Å². The molecule has 1 aromatic heterocycles. The van der Waals surface area contributed by atoms with Gasteiger partial charge < -0.3 is 14.5 Å². The van der Waals surface area contributed by atoms with Crippen molar-refractivity contribution in [3.63, 3.8) is 0 Å². The van der Waals surface area contributed by atoms with Gasteiger partial charge in [-0.25, -0.2) is 4.68 Å². The number of para-hydroxylation sites is 1. The molecule has 7 heteroatoms. The van der Waals surface area contributed by atoms with Gasteiger partial charge in [-0.15, -0.1) is 5.10 Å². The highest BCUT2D eigenvalue weighted by atomic mass is 32.1. The smallest absolute Gasteiger partial charge is 0.287 e. The molecule has 0 bridgehead atoms. The monoisotopic (exact) mass is 355 g/mol. The molecule has 3 aromatic rings. The fourth-order valence-electron chi connectivity index (χ4n) is 2.22. The predicted octanol–water partition coefficient (Wildman–Crippen LogP) is 3.73. The summed E-state index contributed by atoms with van der Waals surface area (Å²) >= 11 is 5.11. The number of amides is 1. The van der Waals surface area contributed by atoms with Gasteiger partial charge in [0.1, 0.15) is 12.3 Å². The van der Waals surface area contributed by atoms with Crippen molar-refractivity contribution in [1.29, 1.82) is 0 Å². The lowest BCUT2D eigenvalue weighted by molar-refractivity contribution is -0.117. The first-order chi connectivity index (χ1) is 12.1. The molecule has 0 unspecified atom stereocenters. The molecule has 0 spiro atoms. The molecule has 0 atom stereocenters. The van der Waals surface area contributed by atoms with Crippen molar-refractivity contribution in [1.82, 2.24) is 9.78 Å². The average molecular weight is 355 g/mol. The Kier molecular flexibility index (Phi) is 5.25. The Morgan fingerprint density at radius 3 is 2.80 bits per heavy atom. The van der Waals surface area contributed by atoms with Crippen LogP contribution in [0.3, 0.4) is 0 Å². The molecule has 1 amide bonds. The van der Waals surface area contributed by atoms with Crippen molar-refractivity contribution in [3.05, 3.63) is 70.9 Å². The number of hydrogen-bond donors (Lipinski definition) is 1. The third-order valence-corrected chi connectivity index (χ3v) is 3.64. The van der Waals surface area contributed by atoms with E-state index >= 15 is 0 Å². The van der Waals surface area contributed by atoms with Gasteiger partial charge in [0.2, 0.25) is 5.91 Å². The molecule has 0 aliphatic carbocycles. The fraction of sp³-hybridized carbons (Fsp3) is 0.167. The molecule has 25 heavy (non-hydrogen) atoms. The van der Waals surface area contributed by atoms with Gasteiger partial charge in [-0.2, -0.15) is 0 Å². The summed E-state index contributed by atoms with van der Waals surface area (Å²) in [5.74, 6) is 0.804. The van der Waals surface area contributed by atoms with Crippen LogP contribution in [0.1, 0.15) is 11.5 Å². The summed E-state index contributed by atoms with van der Waals surface area (Å²) in [7, 11) is 0. The number of carbonyl (C=O) groups excluding carboxylic acids is 1. The molecule has 0 saturated carbocycles. The van der Waals surface area contributed by atoms with E-state index in [0.717, 1.165) is 11.3 Å². The van der Waals surface area contributed by atoms with E-state index in [0.29, 0.717) is 11.6 Å². The normalized spacial score (nSPS) is 10.4. The molecule has 0 fully saturated rings. The molecule has 1 N–H and O–H groups in total. The maximum Gasteiger partial charge on any atom is 0.287 e. The minimum Gasteiger partial charge on any atom is -0.484 e. The molecule has 1 heterocycles. The van der Waals surface area contributed by atoms with Gasteiger partial charge in [0.25, 0.3) is 10.7 Å². The lowest BCUT2D eigenvalue weighted by Crippen LogP contribution is -2.19. The highest BCUT2D eigenvalue weighted by Crippen LogP contribution is 2.14.